The first kappa shape index (κ1) is 18.4. The quantitative estimate of drug-likeness (QED) is 0.495. The first-order valence-corrected chi connectivity index (χ1v) is 7.46. The molecule has 0 atom stereocenters. The van der Waals surface area contributed by atoms with Crippen LogP contribution in [-0.2, 0) is 11.8 Å². The second kappa shape index (κ2) is 8.26. The summed E-state index contributed by atoms with van der Waals surface area (Å²) in [4.78, 5) is 15.4. The molecule has 0 saturated carbocycles. The fraction of sp³-hybridized carbons (Fsp3) is 0.250. The Bertz CT molecular complexity index is 935. The molecular weight excluding hydrogens is 338 g/mol. The molecule has 0 aliphatic rings. The minimum absolute atomic E-state index is 0.0440. The van der Waals surface area contributed by atoms with Crippen LogP contribution in [0.5, 0.6) is 5.75 Å². The van der Waals surface area contributed by atoms with E-state index >= 15 is 0 Å². The highest BCUT2D eigenvalue weighted by Crippen LogP contribution is 2.32. The van der Waals surface area contributed by atoms with Crippen molar-refractivity contribution < 1.29 is 14.3 Å². The van der Waals surface area contributed by atoms with E-state index in [0.29, 0.717) is 6.54 Å². The standard InChI is InChI=1S/C16H15N7O3/c1-4-19-10-5-6-11(14(7-10)26-16(24)25-3)21-22-15-20-12(8-17)13(9-18)23(15)2/h5-7,19H,4H2,1-3H3/b22-21+. The maximum Gasteiger partial charge on any atom is 0.513 e. The van der Waals surface area contributed by atoms with Crippen molar-refractivity contribution in [3.63, 3.8) is 0 Å². The molecule has 1 N–H and O–H groups in total. The number of hydrogen-bond acceptors (Lipinski definition) is 9. The van der Waals surface area contributed by atoms with Crippen molar-refractivity contribution in [2.45, 2.75) is 6.92 Å². The highest BCUT2D eigenvalue weighted by Gasteiger charge is 2.15. The molecule has 0 spiro atoms. The summed E-state index contributed by atoms with van der Waals surface area (Å²) in [5.74, 6) is 0.201. The molecule has 10 heteroatoms. The van der Waals surface area contributed by atoms with Crippen molar-refractivity contribution in [2.24, 2.45) is 17.3 Å². The Balaban J connectivity index is 2.41. The zero-order valence-corrected chi connectivity index (χ0v) is 14.3. The largest absolute Gasteiger partial charge is 0.513 e. The molecule has 0 bridgehead atoms. The number of carbonyl (C=O) groups excluding carboxylic acids is 1. The van der Waals surface area contributed by atoms with Crippen molar-refractivity contribution in [2.75, 3.05) is 19.0 Å². The number of nitrogens with one attached hydrogen (secondary N) is 1. The molecule has 26 heavy (non-hydrogen) atoms. The van der Waals surface area contributed by atoms with Gasteiger partial charge in [-0.25, -0.2) is 4.79 Å². The molecule has 2 aromatic rings. The van der Waals surface area contributed by atoms with Crippen LogP contribution in [-0.4, -0.2) is 29.4 Å². The Morgan fingerprint density at radius 2 is 2.12 bits per heavy atom. The van der Waals surface area contributed by atoms with Gasteiger partial charge in [0.2, 0.25) is 0 Å². The number of hydrogen-bond donors (Lipinski definition) is 1. The maximum atomic E-state index is 11.4. The van der Waals surface area contributed by atoms with E-state index in [-0.39, 0.29) is 28.8 Å². The number of rotatable bonds is 5. The van der Waals surface area contributed by atoms with Crippen LogP contribution in [0.25, 0.3) is 0 Å². The number of aromatic nitrogens is 2. The van der Waals surface area contributed by atoms with Gasteiger partial charge in [-0.05, 0) is 19.1 Å². The monoisotopic (exact) mass is 353 g/mol. The molecule has 1 aromatic carbocycles. The lowest BCUT2D eigenvalue weighted by Crippen LogP contribution is -2.07. The zero-order chi connectivity index (χ0) is 19.1. The Hall–Kier alpha value is -3.92. The number of nitriles is 2. The third kappa shape index (κ3) is 3.94. The molecule has 0 radical (unpaired) electrons. The number of azo groups is 1. The van der Waals surface area contributed by atoms with Gasteiger partial charge in [0.25, 0.3) is 5.95 Å². The molecular formula is C16H15N7O3. The lowest BCUT2D eigenvalue weighted by molar-refractivity contribution is 0.121. The van der Waals surface area contributed by atoms with Gasteiger partial charge in [-0.15, -0.1) is 10.2 Å². The Labute approximate surface area is 149 Å². The molecule has 0 fully saturated rings. The van der Waals surface area contributed by atoms with Crippen LogP contribution in [0.2, 0.25) is 0 Å². The molecule has 0 amide bonds. The van der Waals surface area contributed by atoms with Crippen LogP contribution in [0.15, 0.2) is 28.4 Å². The van der Waals surface area contributed by atoms with Crippen molar-refractivity contribution in [1.82, 2.24) is 9.55 Å². The number of carbonyl (C=O) groups is 1. The van der Waals surface area contributed by atoms with Gasteiger partial charge < -0.3 is 19.4 Å². The van der Waals surface area contributed by atoms with Crippen LogP contribution < -0.4 is 10.1 Å². The van der Waals surface area contributed by atoms with Crippen LogP contribution >= 0.6 is 0 Å². The van der Waals surface area contributed by atoms with Crippen molar-refractivity contribution in [1.29, 1.82) is 10.5 Å². The van der Waals surface area contributed by atoms with Crippen molar-refractivity contribution in [3.8, 4) is 17.9 Å². The van der Waals surface area contributed by atoms with Gasteiger partial charge in [0.15, 0.2) is 17.1 Å². The highest BCUT2D eigenvalue weighted by atomic mass is 16.7. The minimum Gasteiger partial charge on any atom is -0.437 e. The summed E-state index contributed by atoms with van der Waals surface area (Å²) in [7, 11) is 2.74. The number of imidazole rings is 1. The third-order valence-electron chi connectivity index (χ3n) is 3.23. The number of nitrogens with zero attached hydrogens (tertiary/aromatic N) is 6. The summed E-state index contributed by atoms with van der Waals surface area (Å²) >= 11 is 0. The Morgan fingerprint density at radius 1 is 1.35 bits per heavy atom. The first-order chi connectivity index (χ1) is 12.5. The molecule has 0 aliphatic heterocycles. The minimum atomic E-state index is -0.898. The number of ether oxygens (including phenoxy) is 2. The second-order valence-electron chi connectivity index (χ2n) is 4.86. The SMILES string of the molecule is CCNc1ccc(/N=N/c2nc(C#N)c(C#N)n2C)c(OC(=O)OC)c1. The summed E-state index contributed by atoms with van der Waals surface area (Å²) < 4.78 is 10.9. The first-order valence-electron chi connectivity index (χ1n) is 7.46. The van der Waals surface area contributed by atoms with Crippen LogP contribution in [0, 0.1) is 22.7 Å². The van der Waals surface area contributed by atoms with Crippen LogP contribution in [0.4, 0.5) is 22.1 Å². The number of benzene rings is 1. The summed E-state index contributed by atoms with van der Waals surface area (Å²) in [5.41, 5.74) is 1.01. The summed E-state index contributed by atoms with van der Waals surface area (Å²) in [6.45, 7) is 2.61. The van der Waals surface area contributed by atoms with E-state index in [9.17, 15) is 4.79 Å². The molecule has 132 valence electrons. The second-order valence-corrected chi connectivity index (χ2v) is 4.86. The summed E-state index contributed by atoms with van der Waals surface area (Å²) in [6, 6.07) is 8.62. The van der Waals surface area contributed by atoms with Crippen molar-refractivity contribution in [3.05, 3.63) is 29.6 Å². The van der Waals surface area contributed by atoms with Crippen LogP contribution in [0.1, 0.15) is 18.3 Å². The predicted molar refractivity (Wildman–Crippen MR) is 90.5 cm³/mol. The fourth-order valence-corrected chi connectivity index (χ4v) is 2.00. The molecule has 1 heterocycles. The Morgan fingerprint density at radius 3 is 2.69 bits per heavy atom. The van der Waals surface area contributed by atoms with E-state index in [1.54, 1.807) is 25.2 Å². The molecule has 2 rings (SSSR count). The lowest BCUT2D eigenvalue weighted by atomic mass is 10.2. The van der Waals surface area contributed by atoms with E-state index in [1.807, 2.05) is 19.1 Å². The van der Waals surface area contributed by atoms with E-state index in [1.165, 1.54) is 11.7 Å². The molecule has 0 saturated heterocycles. The maximum absolute atomic E-state index is 11.4. The normalized spacial score (nSPS) is 10.2. The highest BCUT2D eigenvalue weighted by molar-refractivity contribution is 5.69. The van der Waals surface area contributed by atoms with Gasteiger partial charge in [0.1, 0.15) is 17.8 Å². The third-order valence-corrected chi connectivity index (χ3v) is 3.23. The number of anilines is 1. The molecule has 10 nitrogen and oxygen atoms in total. The van der Waals surface area contributed by atoms with Gasteiger partial charge >= 0.3 is 6.16 Å². The molecule has 0 unspecified atom stereocenters. The lowest BCUT2D eigenvalue weighted by Gasteiger charge is -2.08. The fourth-order valence-electron chi connectivity index (χ4n) is 2.00. The van der Waals surface area contributed by atoms with Gasteiger partial charge in [0.05, 0.1) is 7.11 Å². The average Bonchev–Trinajstić information content (AvgIpc) is 2.96. The summed E-state index contributed by atoms with van der Waals surface area (Å²) in [5, 5.41) is 29.1. The van der Waals surface area contributed by atoms with Crippen molar-refractivity contribution >= 4 is 23.5 Å². The summed E-state index contributed by atoms with van der Waals surface area (Å²) in [6.07, 6.45) is -0.898. The van der Waals surface area contributed by atoms with E-state index in [2.05, 4.69) is 25.3 Å². The van der Waals surface area contributed by atoms with Crippen LogP contribution in [0.3, 0.4) is 0 Å². The zero-order valence-electron chi connectivity index (χ0n) is 14.3. The average molecular weight is 353 g/mol. The Kier molecular flexibility index (Phi) is 5.85. The number of methoxy groups -OCH3 is 1. The smallest absolute Gasteiger partial charge is 0.437 e. The molecule has 1 aromatic heterocycles. The van der Waals surface area contributed by atoms with Gasteiger partial charge in [0, 0.05) is 25.3 Å². The van der Waals surface area contributed by atoms with E-state index < -0.39 is 6.16 Å². The predicted octanol–water partition coefficient (Wildman–Crippen LogP) is 3.16. The topological polar surface area (TPSA) is 138 Å². The van der Waals surface area contributed by atoms with Gasteiger partial charge in [-0.1, -0.05) is 0 Å². The van der Waals surface area contributed by atoms with Gasteiger partial charge in [-0.2, -0.15) is 15.5 Å². The van der Waals surface area contributed by atoms with Gasteiger partial charge in [-0.3, -0.25) is 0 Å². The van der Waals surface area contributed by atoms with E-state index in [0.717, 1.165) is 5.69 Å². The molecule has 0 aliphatic carbocycles. The van der Waals surface area contributed by atoms with E-state index in [4.69, 9.17) is 15.3 Å².